The zero-order valence-corrected chi connectivity index (χ0v) is 14.5. The van der Waals surface area contributed by atoms with E-state index in [1.165, 1.54) is 11.8 Å². The van der Waals surface area contributed by atoms with E-state index < -0.39 is 5.91 Å². The Balaban J connectivity index is 2.04. The summed E-state index contributed by atoms with van der Waals surface area (Å²) in [5.74, 6) is 1.27. The summed E-state index contributed by atoms with van der Waals surface area (Å²) in [6.45, 7) is 8.26. The molecule has 0 fully saturated rings. The first-order valence-electron chi connectivity index (χ1n) is 8.19. The molecule has 3 N–H and O–H groups in total. The summed E-state index contributed by atoms with van der Waals surface area (Å²) in [4.78, 5) is 15.3. The molecule has 5 nitrogen and oxygen atoms in total. The Morgan fingerprint density at radius 2 is 2.08 bits per heavy atom. The van der Waals surface area contributed by atoms with Crippen molar-refractivity contribution in [3.63, 3.8) is 0 Å². The van der Waals surface area contributed by atoms with Crippen LogP contribution < -0.4 is 15.8 Å². The van der Waals surface area contributed by atoms with Crippen LogP contribution in [0.4, 0.5) is 0 Å². The van der Waals surface area contributed by atoms with Crippen molar-refractivity contribution in [1.29, 1.82) is 0 Å². The van der Waals surface area contributed by atoms with Crippen LogP contribution >= 0.6 is 0 Å². The highest BCUT2D eigenvalue weighted by Gasteiger charge is 2.11. The van der Waals surface area contributed by atoms with Gasteiger partial charge in [-0.05, 0) is 49.1 Å². The molecule has 0 aliphatic rings. The number of primary amides is 1. The maximum Gasteiger partial charge on any atom is 0.254 e. The van der Waals surface area contributed by atoms with Gasteiger partial charge < -0.3 is 15.8 Å². The molecule has 0 saturated carbocycles. The van der Waals surface area contributed by atoms with Crippen LogP contribution in [-0.2, 0) is 6.54 Å². The number of rotatable bonds is 8. The molecule has 1 aromatic heterocycles. The van der Waals surface area contributed by atoms with E-state index in [4.69, 9.17) is 10.5 Å². The average molecular weight is 327 g/mol. The summed E-state index contributed by atoms with van der Waals surface area (Å²) in [7, 11) is 0. The summed E-state index contributed by atoms with van der Waals surface area (Å²) in [6.07, 6.45) is 4.16. The summed E-state index contributed by atoms with van der Waals surface area (Å²) < 4.78 is 5.85. The number of ether oxygens (including phenoxy) is 1. The van der Waals surface area contributed by atoms with Crippen molar-refractivity contribution in [1.82, 2.24) is 10.3 Å². The summed E-state index contributed by atoms with van der Waals surface area (Å²) in [5.41, 5.74) is 7.83. The van der Waals surface area contributed by atoms with Gasteiger partial charge in [0.25, 0.3) is 5.91 Å². The molecule has 5 heteroatoms. The minimum atomic E-state index is -0.554. The third-order valence-electron chi connectivity index (χ3n) is 3.73. The Hall–Kier alpha value is -2.40. The van der Waals surface area contributed by atoms with Gasteiger partial charge in [0.1, 0.15) is 17.1 Å². The van der Waals surface area contributed by atoms with Crippen LogP contribution in [0.15, 0.2) is 36.7 Å². The number of aromatic nitrogens is 1. The Kier molecular flexibility index (Phi) is 6.32. The highest BCUT2D eigenvalue weighted by atomic mass is 16.5. The molecule has 0 saturated heterocycles. The largest absolute Gasteiger partial charge is 0.456 e. The van der Waals surface area contributed by atoms with Crippen LogP contribution in [0.3, 0.4) is 0 Å². The van der Waals surface area contributed by atoms with Crippen molar-refractivity contribution in [2.45, 2.75) is 33.7 Å². The molecule has 24 heavy (non-hydrogen) atoms. The topological polar surface area (TPSA) is 77.2 Å². The van der Waals surface area contributed by atoms with Gasteiger partial charge in [0.15, 0.2) is 0 Å². The Morgan fingerprint density at radius 1 is 1.29 bits per heavy atom. The second kappa shape index (κ2) is 8.45. The molecule has 0 spiro atoms. The smallest absolute Gasteiger partial charge is 0.254 e. The molecular weight excluding hydrogens is 302 g/mol. The predicted octanol–water partition coefficient (Wildman–Crippen LogP) is 3.42. The molecule has 128 valence electrons. The zero-order chi connectivity index (χ0) is 17.5. The minimum absolute atomic E-state index is 0.274. The van der Waals surface area contributed by atoms with Gasteiger partial charge in [-0.1, -0.05) is 26.0 Å². The van der Waals surface area contributed by atoms with E-state index in [9.17, 15) is 4.79 Å². The van der Waals surface area contributed by atoms with Crippen LogP contribution in [0.1, 0.15) is 41.8 Å². The molecule has 0 unspecified atom stereocenters. The van der Waals surface area contributed by atoms with Crippen molar-refractivity contribution >= 4 is 5.91 Å². The number of hydrogen-bond donors (Lipinski definition) is 2. The van der Waals surface area contributed by atoms with E-state index >= 15 is 0 Å². The van der Waals surface area contributed by atoms with E-state index in [1.807, 2.05) is 19.1 Å². The molecule has 0 radical (unpaired) electrons. The predicted molar refractivity (Wildman–Crippen MR) is 95.2 cm³/mol. The summed E-state index contributed by atoms with van der Waals surface area (Å²) in [6, 6.07) is 7.67. The lowest BCUT2D eigenvalue weighted by molar-refractivity contribution is 0.0997. The van der Waals surface area contributed by atoms with Gasteiger partial charge in [0.2, 0.25) is 0 Å². The number of carbonyl (C=O) groups excluding carboxylic acids is 1. The van der Waals surface area contributed by atoms with E-state index in [-0.39, 0.29) is 5.56 Å². The maximum absolute atomic E-state index is 11.4. The standard InChI is InChI=1S/C19H25N3O2/c1-13(2)6-8-21-11-15-4-5-17(14(3)10-15)24-18-7-9-22-12-16(18)19(20)23/h4-5,7,9-10,12-13,21H,6,8,11H2,1-3H3,(H2,20,23). The van der Waals surface area contributed by atoms with Crippen molar-refractivity contribution in [3.05, 3.63) is 53.3 Å². The van der Waals surface area contributed by atoms with Crippen LogP contribution in [0, 0.1) is 12.8 Å². The lowest BCUT2D eigenvalue weighted by Crippen LogP contribution is -2.16. The van der Waals surface area contributed by atoms with Gasteiger partial charge >= 0.3 is 0 Å². The van der Waals surface area contributed by atoms with Gasteiger partial charge in [-0.15, -0.1) is 0 Å². The fourth-order valence-electron chi connectivity index (χ4n) is 2.33. The lowest BCUT2D eigenvalue weighted by atomic mass is 10.1. The molecule has 0 aliphatic heterocycles. The molecule has 1 aromatic carbocycles. The van der Waals surface area contributed by atoms with E-state index in [2.05, 4.69) is 30.2 Å². The lowest BCUT2D eigenvalue weighted by Gasteiger charge is -2.13. The van der Waals surface area contributed by atoms with Crippen LogP contribution in [0.2, 0.25) is 0 Å². The van der Waals surface area contributed by atoms with Gasteiger partial charge in [-0.25, -0.2) is 0 Å². The summed E-state index contributed by atoms with van der Waals surface area (Å²) >= 11 is 0. The van der Waals surface area contributed by atoms with Gasteiger partial charge in [0.05, 0.1) is 0 Å². The zero-order valence-electron chi connectivity index (χ0n) is 14.5. The number of benzene rings is 1. The van der Waals surface area contributed by atoms with Gasteiger partial charge in [-0.3, -0.25) is 9.78 Å². The minimum Gasteiger partial charge on any atom is -0.456 e. The average Bonchev–Trinajstić information content (AvgIpc) is 2.54. The van der Waals surface area contributed by atoms with Gasteiger partial charge in [0, 0.05) is 18.9 Å². The fraction of sp³-hybridized carbons (Fsp3) is 0.368. The highest BCUT2D eigenvalue weighted by molar-refractivity contribution is 5.95. The molecule has 0 atom stereocenters. The molecule has 1 heterocycles. The SMILES string of the molecule is Cc1cc(CNCCC(C)C)ccc1Oc1ccncc1C(N)=O. The van der Waals surface area contributed by atoms with E-state index in [1.54, 1.807) is 12.3 Å². The number of nitrogens with zero attached hydrogens (tertiary/aromatic N) is 1. The van der Waals surface area contributed by atoms with Crippen LogP contribution in [0.5, 0.6) is 11.5 Å². The number of nitrogens with one attached hydrogen (secondary N) is 1. The molecule has 0 aliphatic carbocycles. The van der Waals surface area contributed by atoms with E-state index in [0.717, 1.165) is 25.1 Å². The van der Waals surface area contributed by atoms with Gasteiger partial charge in [-0.2, -0.15) is 0 Å². The number of aryl methyl sites for hydroxylation is 1. The quantitative estimate of drug-likeness (QED) is 0.728. The molecule has 2 aromatic rings. The molecule has 1 amide bonds. The Labute approximate surface area is 143 Å². The highest BCUT2D eigenvalue weighted by Crippen LogP contribution is 2.27. The molecule has 0 bridgehead atoms. The molecule has 2 rings (SSSR count). The Morgan fingerprint density at radius 3 is 2.75 bits per heavy atom. The first-order chi connectivity index (χ1) is 11.5. The van der Waals surface area contributed by atoms with Crippen LogP contribution in [-0.4, -0.2) is 17.4 Å². The maximum atomic E-state index is 11.4. The second-order valence-corrected chi connectivity index (χ2v) is 6.30. The number of nitrogens with two attached hydrogens (primary N) is 1. The van der Waals surface area contributed by atoms with Crippen molar-refractivity contribution in [3.8, 4) is 11.5 Å². The number of amides is 1. The van der Waals surface area contributed by atoms with Crippen molar-refractivity contribution < 1.29 is 9.53 Å². The first-order valence-corrected chi connectivity index (χ1v) is 8.19. The fourth-order valence-corrected chi connectivity index (χ4v) is 2.33. The number of pyridine rings is 1. The molecular formula is C19H25N3O2. The number of hydrogen-bond acceptors (Lipinski definition) is 4. The third kappa shape index (κ3) is 5.06. The van der Waals surface area contributed by atoms with Crippen molar-refractivity contribution in [2.24, 2.45) is 11.7 Å². The number of carbonyl (C=O) groups is 1. The first kappa shape index (κ1) is 17.9. The monoisotopic (exact) mass is 327 g/mol. The Bertz CT molecular complexity index is 699. The van der Waals surface area contributed by atoms with E-state index in [0.29, 0.717) is 17.4 Å². The summed E-state index contributed by atoms with van der Waals surface area (Å²) in [5, 5.41) is 3.44. The second-order valence-electron chi connectivity index (χ2n) is 6.30. The third-order valence-corrected chi connectivity index (χ3v) is 3.73. The van der Waals surface area contributed by atoms with Crippen molar-refractivity contribution in [2.75, 3.05) is 6.54 Å². The normalized spacial score (nSPS) is 10.8. The van der Waals surface area contributed by atoms with Crippen LogP contribution in [0.25, 0.3) is 0 Å².